The molecule has 0 saturated heterocycles. The standard InChI is InChI=1S/C46H60S2/c1-5-15-33(16-6-2)19-11-9-13-21-35-23-25-37-39-27-29-42-41(45(39)47-43(37)31-35)30-28-40-38-26-24-36(32-44(38)48-46(40)42)22-14-10-12-20-34(17-7-3)18-8-4/h23-34H,5-22H2,1-4H3. The summed E-state index contributed by atoms with van der Waals surface area (Å²) < 4.78 is 5.82. The summed E-state index contributed by atoms with van der Waals surface area (Å²) in [4.78, 5) is 0. The second kappa shape index (κ2) is 17.5. The SMILES string of the molecule is CCCC(CCC)CCCCCc1ccc2c(c1)sc1c2ccc2c1ccc1c3ccc(CCCCCC(CCC)CCC)cc3sc12. The highest BCUT2D eigenvalue weighted by Gasteiger charge is 2.14. The van der Waals surface area contributed by atoms with Gasteiger partial charge in [0.15, 0.2) is 0 Å². The van der Waals surface area contributed by atoms with Crippen LogP contribution in [0, 0.1) is 11.8 Å². The van der Waals surface area contributed by atoms with Crippen LogP contribution in [0.3, 0.4) is 0 Å². The fourth-order valence-corrected chi connectivity index (χ4v) is 11.2. The molecule has 0 radical (unpaired) electrons. The Bertz CT molecular complexity index is 1750. The predicted molar refractivity (Wildman–Crippen MR) is 221 cm³/mol. The molecule has 2 aromatic heterocycles. The summed E-state index contributed by atoms with van der Waals surface area (Å²) in [6.45, 7) is 9.37. The van der Waals surface area contributed by atoms with Gasteiger partial charge in [0, 0.05) is 51.1 Å². The number of aryl methyl sites for hydroxylation is 2. The molecule has 0 saturated carbocycles. The second-order valence-electron chi connectivity index (χ2n) is 14.9. The van der Waals surface area contributed by atoms with Gasteiger partial charge in [-0.25, -0.2) is 0 Å². The molecule has 4 aromatic carbocycles. The van der Waals surface area contributed by atoms with Gasteiger partial charge < -0.3 is 0 Å². The molecule has 0 bridgehead atoms. The zero-order chi connectivity index (χ0) is 33.3. The Morgan fingerprint density at radius 2 is 0.750 bits per heavy atom. The average molecular weight is 677 g/mol. The summed E-state index contributed by atoms with van der Waals surface area (Å²) in [5.74, 6) is 1.91. The van der Waals surface area contributed by atoms with E-state index in [-0.39, 0.29) is 0 Å². The topological polar surface area (TPSA) is 0 Å². The Morgan fingerprint density at radius 1 is 0.396 bits per heavy atom. The summed E-state index contributed by atoms with van der Waals surface area (Å²) in [5, 5.41) is 8.54. The van der Waals surface area contributed by atoms with Gasteiger partial charge in [-0.15, -0.1) is 22.7 Å². The van der Waals surface area contributed by atoms with E-state index in [4.69, 9.17) is 0 Å². The van der Waals surface area contributed by atoms with Crippen LogP contribution in [0.1, 0.15) is 142 Å². The molecule has 6 rings (SSSR count). The molecule has 6 aromatic rings. The average Bonchev–Trinajstić information content (AvgIpc) is 3.66. The van der Waals surface area contributed by atoms with Gasteiger partial charge in [-0.3, -0.25) is 0 Å². The minimum absolute atomic E-state index is 0.953. The van der Waals surface area contributed by atoms with Crippen molar-refractivity contribution < 1.29 is 0 Å². The molecule has 0 aliphatic rings. The van der Waals surface area contributed by atoms with Crippen molar-refractivity contribution in [1.82, 2.24) is 0 Å². The Hall–Kier alpha value is -2.42. The molecule has 0 aliphatic carbocycles. The quantitative estimate of drug-likeness (QED) is 0.0706. The van der Waals surface area contributed by atoms with Crippen molar-refractivity contribution in [3.63, 3.8) is 0 Å². The van der Waals surface area contributed by atoms with Crippen LogP contribution in [0.4, 0.5) is 0 Å². The summed E-state index contributed by atoms with van der Waals surface area (Å²) in [6, 6.07) is 24.2. The normalized spacial score (nSPS) is 12.4. The smallest absolute Gasteiger partial charge is 0.0434 e. The maximum Gasteiger partial charge on any atom is 0.0434 e. The maximum absolute atomic E-state index is 2.50. The van der Waals surface area contributed by atoms with E-state index in [1.807, 2.05) is 22.7 Å². The molecular formula is C46H60S2. The van der Waals surface area contributed by atoms with Crippen LogP contribution in [-0.2, 0) is 12.8 Å². The molecular weight excluding hydrogens is 617 g/mol. The van der Waals surface area contributed by atoms with Gasteiger partial charge in [-0.2, -0.15) is 0 Å². The molecule has 0 spiro atoms. The Balaban J connectivity index is 1.14. The number of thiophene rings is 2. The fraction of sp³-hybridized carbons (Fsp3) is 0.522. The van der Waals surface area contributed by atoms with Gasteiger partial charge >= 0.3 is 0 Å². The number of hydrogen-bond acceptors (Lipinski definition) is 2. The molecule has 256 valence electrons. The summed E-state index contributed by atoms with van der Waals surface area (Å²) in [5.41, 5.74) is 3.02. The second-order valence-corrected chi connectivity index (χ2v) is 17.0. The van der Waals surface area contributed by atoms with E-state index in [1.54, 1.807) is 0 Å². The van der Waals surface area contributed by atoms with Crippen molar-refractivity contribution in [2.24, 2.45) is 11.8 Å². The first-order chi connectivity index (χ1) is 23.6. The lowest BCUT2D eigenvalue weighted by molar-refractivity contribution is 0.393. The van der Waals surface area contributed by atoms with Gasteiger partial charge in [0.05, 0.1) is 0 Å². The first-order valence-electron chi connectivity index (χ1n) is 19.8. The maximum atomic E-state index is 2.50. The van der Waals surface area contributed by atoms with E-state index in [1.165, 1.54) is 178 Å². The zero-order valence-electron chi connectivity index (χ0n) is 30.5. The van der Waals surface area contributed by atoms with Crippen LogP contribution in [0.2, 0.25) is 0 Å². The third kappa shape index (κ3) is 8.30. The zero-order valence-corrected chi connectivity index (χ0v) is 32.1. The van der Waals surface area contributed by atoms with E-state index in [0.29, 0.717) is 0 Å². The molecule has 0 aliphatic heterocycles. The number of fused-ring (bicyclic) bond motifs is 9. The molecule has 0 atom stereocenters. The predicted octanol–water partition coefficient (Wildman–Crippen LogP) is 16.2. The molecule has 2 heteroatoms. The molecule has 0 nitrogen and oxygen atoms in total. The minimum atomic E-state index is 0.953. The van der Waals surface area contributed by atoms with Gasteiger partial charge in [0.25, 0.3) is 0 Å². The van der Waals surface area contributed by atoms with Crippen molar-refractivity contribution in [2.45, 2.75) is 143 Å². The fourth-order valence-electron chi connectivity index (χ4n) is 8.65. The Kier molecular flexibility index (Phi) is 12.9. The number of benzene rings is 4. The van der Waals surface area contributed by atoms with Crippen LogP contribution in [0.15, 0.2) is 60.7 Å². The monoisotopic (exact) mass is 676 g/mol. The number of rotatable bonds is 20. The minimum Gasteiger partial charge on any atom is -0.135 e. The van der Waals surface area contributed by atoms with Gasteiger partial charge in [-0.05, 0) is 60.8 Å². The van der Waals surface area contributed by atoms with Crippen molar-refractivity contribution in [1.29, 1.82) is 0 Å². The number of hydrogen-bond donors (Lipinski definition) is 0. The van der Waals surface area contributed by atoms with Crippen LogP contribution in [0.25, 0.3) is 51.1 Å². The Labute approximate surface area is 299 Å². The molecule has 0 fully saturated rings. The van der Waals surface area contributed by atoms with E-state index >= 15 is 0 Å². The van der Waals surface area contributed by atoms with Crippen molar-refractivity contribution >= 4 is 73.8 Å². The van der Waals surface area contributed by atoms with E-state index in [0.717, 1.165) is 11.8 Å². The highest BCUT2D eigenvalue weighted by Crippen LogP contribution is 2.44. The summed E-state index contributed by atoms with van der Waals surface area (Å²) in [7, 11) is 0. The Morgan fingerprint density at radius 3 is 1.12 bits per heavy atom. The van der Waals surface area contributed by atoms with E-state index < -0.39 is 0 Å². The first-order valence-corrected chi connectivity index (χ1v) is 21.5. The molecule has 48 heavy (non-hydrogen) atoms. The highest BCUT2D eigenvalue weighted by molar-refractivity contribution is 7.28. The van der Waals surface area contributed by atoms with Crippen molar-refractivity contribution in [3.8, 4) is 0 Å². The molecule has 0 unspecified atom stereocenters. The number of unbranched alkanes of at least 4 members (excludes halogenated alkanes) is 4. The van der Waals surface area contributed by atoms with Gasteiger partial charge in [0.2, 0.25) is 0 Å². The molecule has 0 N–H and O–H groups in total. The van der Waals surface area contributed by atoms with Crippen molar-refractivity contribution in [2.75, 3.05) is 0 Å². The van der Waals surface area contributed by atoms with Gasteiger partial charge in [0.1, 0.15) is 0 Å². The van der Waals surface area contributed by atoms with Crippen LogP contribution < -0.4 is 0 Å². The first kappa shape index (κ1) is 35.4. The third-order valence-electron chi connectivity index (χ3n) is 11.1. The largest absolute Gasteiger partial charge is 0.135 e. The van der Waals surface area contributed by atoms with Crippen LogP contribution >= 0.6 is 22.7 Å². The van der Waals surface area contributed by atoms with E-state index in [2.05, 4.69) is 88.4 Å². The van der Waals surface area contributed by atoms with Crippen LogP contribution in [-0.4, -0.2) is 0 Å². The van der Waals surface area contributed by atoms with E-state index in [9.17, 15) is 0 Å². The van der Waals surface area contributed by atoms with Crippen LogP contribution in [0.5, 0.6) is 0 Å². The van der Waals surface area contributed by atoms with Gasteiger partial charge in [-0.1, -0.05) is 166 Å². The lowest BCUT2D eigenvalue weighted by Crippen LogP contribution is -1.99. The molecule has 0 amide bonds. The lowest BCUT2D eigenvalue weighted by Gasteiger charge is -2.14. The lowest BCUT2D eigenvalue weighted by atomic mass is 9.92. The highest BCUT2D eigenvalue weighted by atomic mass is 32.1. The summed E-state index contributed by atoms with van der Waals surface area (Å²) in [6.07, 6.45) is 24.4. The van der Waals surface area contributed by atoms with Crippen molar-refractivity contribution in [3.05, 3.63) is 71.8 Å². The molecule has 2 heterocycles. The third-order valence-corrected chi connectivity index (χ3v) is 13.5. The summed E-state index contributed by atoms with van der Waals surface area (Å²) >= 11 is 4.01.